The lowest BCUT2D eigenvalue weighted by Crippen LogP contribution is -2.51. The van der Waals surface area contributed by atoms with Gasteiger partial charge in [-0.15, -0.1) is 11.3 Å². The van der Waals surface area contributed by atoms with Crippen molar-refractivity contribution < 1.29 is 9.53 Å². The van der Waals surface area contributed by atoms with Crippen LogP contribution in [0.25, 0.3) is 10.6 Å². The van der Waals surface area contributed by atoms with E-state index < -0.39 is 0 Å². The maximum Gasteiger partial charge on any atom is 0.251 e. The monoisotopic (exact) mass is 371 g/mol. The summed E-state index contributed by atoms with van der Waals surface area (Å²) in [6.45, 7) is 7.04. The average molecular weight is 372 g/mol. The van der Waals surface area contributed by atoms with Gasteiger partial charge in [-0.25, -0.2) is 4.98 Å². The smallest absolute Gasteiger partial charge is 0.251 e. The molecule has 26 heavy (non-hydrogen) atoms. The van der Waals surface area contributed by atoms with Crippen molar-refractivity contribution >= 4 is 17.2 Å². The molecule has 2 saturated heterocycles. The lowest BCUT2D eigenvalue weighted by atomic mass is 10.2. The highest BCUT2D eigenvalue weighted by Crippen LogP contribution is 2.25. The minimum atomic E-state index is -0.197. The maximum atomic E-state index is 12.4. The van der Waals surface area contributed by atoms with Gasteiger partial charge in [0.05, 0.1) is 5.69 Å². The van der Waals surface area contributed by atoms with Crippen molar-refractivity contribution in [3.05, 3.63) is 40.9 Å². The highest BCUT2D eigenvalue weighted by Gasteiger charge is 2.30. The van der Waals surface area contributed by atoms with Crippen LogP contribution in [0.4, 0.5) is 0 Å². The Morgan fingerprint density at radius 1 is 1.23 bits per heavy atom. The SMILES string of the molecule is Cc1ccc(-c2nc(CN3CCN(C(=O)[C@@H]4CCCO4)CC3)cs2)cc1. The molecule has 0 N–H and O–H groups in total. The second-order valence-electron chi connectivity index (χ2n) is 7.11. The number of rotatable bonds is 4. The molecule has 2 aliphatic heterocycles. The molecule has 2 fully saturated rings. The number of carbonyl (C=O) groups excluding carboxylic acids is 1. The molecule has 1 aromatic carbocycles. The fraction of sp³-hybridized carbons (Fsp3) is 0.500. The third-order valence-electron chi connectivity index (χ3n) is 5.12. The second kappa shape index (κ2) is 7.86. The Morgan fingerprint density at radius 2 is 2.00 bits per heavy atom. The summed E-state index contributed by atoms with van der Waals surface area (Å²) in [7, 11) is 0. The highest BCUT2D eigenvalue weighted by molar-refractivity contribution is 7.13. The van der Waals surface area contributed by atoms with Crippen LogP contribution in [0.15, 0.2) is 29.6 Å². The summed E-state index contributed by atoms with van der Waals surface area (Å²) in [6.07, 6.45) is 1.68. The second-order valence-corrected chi connectivity index (χ2v) is 7.97. The summed E-state index contributed by atoms with van der Waals surface area (Å²) in [5.41, 5.74) is 3.56. The molecule has 0 bridgehead atoms. The first-order valence-corrected chi connectivity index (χ1v) is 10.2. The zero-order valence-corrected chi connectivity index (χ0v) is 16.0. The van der Waals surface area contributed by atoms with Crippen molar-refractivity contribution in [2.45, 2.75) is 32.4 Å². The molecule has 2 aliphatic rings. The predicted molar refractivity (Wildman–Crippen MR) is 103 cm³/mol. The van der Waals surface area contributed by atoms with Crippen molar-refractivity contribution in [2.75, 3.05) is 32.8 Å². The van der Waals surface area contributed by atoms with E-state index in [2.05, 4.69) is 41.5 Å². The number of carbonyl (C=O) groups is 1. The summed E-state index contributed by atoms with van der Waals surface area (Å²) < 4.78 is 5.53. The first-order valence-electron chi connectivity index (χ1n) is 9.33. The topological polar surface area (TPSA) is 45.7 Å². The molecule has 0 spiro atoms. The molecule has 0 aliphatic carbocycles. The van der Waals surface area contributed by atoms with Crippen molar-refractivity contribution in [1.29, 1.82) is 0 Å². The Bertz CT molecular complexity index is 745. The van der Waals surface area contributed by atoms with Gasteiger partial charge in [-0.3, -0.25) is 9.69 Å². The Hall–Kier alpha value is -1.76. The molecule has 1 amide bonds. The summed E-state index contributed by atoms with van der Waals surface area (Å²) in [5.74, 6) is 0.178. The number of aromatic nitrogens is 1. The van der Waals surface area contributed by atoms with Crippen LogP contribution in [0.2, 0.25) is 0 Å². The summed E-state index contributed by atoms with van der Waals surface area (Å²) in [5, 5.41) is 3.23. The molecular formula is C20H25N3O2S. The van der Waals surface area contributed by atoms with Crippen LogP contribution < -0.4 is 0 Å². The number of hydrogen-bond donors (Lipinski definition) is 0. The van der Waals surface area contributed by atoms with Gasteiger partial charge >= 0.3 is 0 Å². The zero-order valence-electron chi connectivity index (χ0n) is 15.2. The third kappa shape index (κ3) is 3.98. The molecule has 0 radical (unpaired) electrons. The van der Waals surface area contributed by atoms with Gasteiger partial charge in [0, 0.05) is 50.3 Å². The highest BCUT2D eigenvalue weighted by atomic mass is 32.1. The lowest BCUT2D eigenvalue weighted by Gasteiger charge is -2.35. The van der Waals surface area contributed by atoms with Gasteiger partial charge in [0.2, 0.25) is 0 Å². The molecule has 4 rings (SSSR count). The van der Waals surface area contributed by atoms with E-state index in [-0.39, 0.29) is 12.0 Å². The number of piperazine rings is 1. The standard InChI is InChI=1S/C20H25N3O2S/c1-15-4-6-16(7-5-15)19-21-17(14-26-19)13-22-8-10-23(11-9-22)20(24)18-3-2-12-25-18/h4-7,14,18H,2-3,8-13H2,1H3/t18-/m0/s1. The number of benzene rings is 1. The van der Waals surface area contributed by atoms with Crippen LogP contribution in [0.3, 0.4) is 0 Å². The summed E-state index contributed by atoms with van der Waals surface area (Å²) in [6, 6.07) is 8.52. The molecule has 1 atom stereocenters. The van der Waals surface area contributed by atoms with Gasteiger partial charge in [0.1, 0.15) is 11.1 Å². The van der Waals surface area contributed by atoms with Crippen molar-refractivity contribution in [3.8, 4) is 10.6 Å². The first kappa shape index (κ1) is 17.6. The van der Waals surface area contributed by atoms with Crippen molar-refractivity contribution in [3.63, 3.8) is 0 Å². The van der Waals surface area contributed by atoms with Gasteiger partial charge < -0.3 is 9.64 Å². The first-order chi connectivity index (χ1) is 12.7. The van der Waals surface area contributed by atoms with Gasteiger partial charge in [-0.1, -0.05) is 29.8 Å². The average Bonchev–Trinajstić information content (AvgIpc) is 3.35. The largest absolute Gasteiger partial charge is 0.368 e. The van der Waals surface area contributed by atoms with Crippen LogP contribution in [0.5, 0.6) is 0 Å². The van der Waals surface area contributed by atoms with Gasteiger partial charge in [0.25, 0.3) is 5.91 Å². The van der Waals surface area contributed by atoms with Gasteiger partial charge in [-0.05, 0) is 19.8 Å². The molecule has 2 aromatic rings. The lowest BCUT2D eigenvalue weighted by molar-refractivity contribution is -0.142. The van der Waals surface area contributed by atoms with Gasteiger partial charge in [-0.2, -0.15) is 0 Å². The van der Waals surface area contributed by atoms with E-state index >= 15 is 0 Å². The van der Waals surface area contributed by atoms with E-state index in [1.165, 1.54) is 11.1 Å². The maximum absolute atomic E-state index is 12.4. The fourth-order valence-electron chi connectivity index (χ4n) is 3.54. The normalized spacial score (nSPS) is 21.3. The summed E-state index contributed by atoms with van der Waals surface area (Å²) in [4.78, 5) is 21.6. The van der Waals surface area contributed by atoms with E-state index in [9.17, 15) is 4.79 Å². The van der Waals surface area contributed by atoms with E-state index in [0.717, 1.165) is 62.9 Å². The van der Waals surface area contributed by atoms with E-state index in [1.54, 1.807) is 11.3 Å². The van der Waals surface area contributed by atoms with Crippen LogP contribution in [-0.4, -0.2) is 59.6 Å². The molecule has 6 heteroatoms. The van der Waals surface area contributed by atoms with Crippen LogP contribution in [0, 0.1) is 6.92 Å². The number of ether oxygens (including phenoxy) is 1. The van der Waals surface area contributed by atoms with Gasteiger partial charge in [0.15, 0.2) is 0 Å². The number of nitrogens with zero attached hydrogens (tertiary/aromatic N) is 3. The predicted octanol–water partition coefficient (Wildman–Crippen LogP) is 2.94. The van der Waals surface area contributed by atoms with Crippen molar-refractivity contribution in [2.24, 2.45) is 0 Å². The Balaban J connectivity index is 1.30. The minimum absolute atomic E-state index is 0.178. The number of hydrogen-bond acceptors (Lipinski definition) is 5. The molecule has 0 saturated carbocycles. The van der Waals surface area contributed by atoms with Crippen LogP contribution in [0.1, 0.15) is 24.1 Å². The Labute approximate surface area is 158 Å². The Morgan fingerprint density at radius 3 is 2.69 bits per heavy atom. The number of amides is 1. The summed E-state index contributed by atoms with van der Waals surface area (Å²) >= 11 is 1.70. The van der Waals surface area contributed by atoms with Crippen LogP contribution >= 0.6 is 11.3 Å². The molecular weight excluding hydrogens is 346 g/mol. The molecule has 1 aromatic heterocycles. The number of aryl methyl sites for hydroxylation is 1. The molecule has 138 valence electrons. The van der Waals surface area contributed by atoms with E-state index in [4.69, 9.17) is 9.72 Å². The minimum Gasteiger partial charge on any atom is -0.368 e. The van der Waals surface area contributed by atoms with Crippen molar-refractivity contribution in [1.82, 2.24) is 14.8 Å². The number of thiazole rings is 1. The Kier molecular flexibility index (Phi) is 5.33. The fourth-order valence-corrected chi connectivity index (χ4v) is 4.36. The quantitative estimate of drug-likeness (QED) is 0.829. The zero-order chi connectivity index (χ0) is 17.9. The molecule has 3 heterocycles. The van der Waals surface area contributed by atoms with E-state index in [1.807, 2.05) is 4.90 Å². The molecule has 5 nitrogen and oxygen atoms in total. The molecule has 0 unspecified atom stereocenters. The van der Waals surface area contributed by atoms with E-state index in [0.29, 0.717) is 0 Å². The third-order valence-corrected chi connectivity index (χ3v) is 6.07. The van der Waals surface area contributed by atoms with Crippen LogP contribution in [-0.2, 0) is 16.1 Å².